The zero-order chi connectivity index (χ0) is 32.4. The van der Waals surface area contributed by atoms with Gasteiger partial charge in [-0.25, -0.2) is 0 Å². The molecular formula is C36H37BIrNO2S2-. The number of carbonyl (C=O) groups is 1. The minimum absolute atomic E-state index is 0. The van der Waals surface area contributed by atoms with Crippen LogP contribution < -0.4 is 16.4 Å². The molecule has 0 aliphatic carbocycles. The standard InChI is InChI=1S/C23H13BNS2.C13H24O2.Ir/c1-2-11-19-16(8-1)24-17-9-5-7-15(18-10-3-4-14-25-18)23(17)27-21-13-6-12-20(26-19)22(21)24;1-5-10(6-2)12(14)9-13(15)11(7-3)8-4;/h1-6,8-14H;9-11,14H,5-8H2,1-4H3;/q-1;;/b;12-9-;/i;9D,10D,11D;. The van der Waals surface area contributed by atoms with Crippen LogP contribution in [0.25, 0.3) is 11.3 Å². The first kappa shape index (κ1) is 29.2. The Hall–Kier alpha value is -2.57. The molecule has 2 aliphatic heterocycles. The van der Waals surface area contributed by atoms with Crippen LogP contribution in [0.5, 0.6) is 0 Å². The first-order valence-electron chi connectivity index (χ1n) is 16.1. The summed E-state index contributed by atoms with van der Waals surface area (Å²) in [6.45, 7) is 7.18. The van der Waals surface area contributed by atoms with Gasteiger partial charge in [-0.1, -0.05) is 86.2 Å². The van der Waals surface area contributed by atoms with Crippen LogP contribution in [0.15, 0.2) is 110 Å². The molecule has 1 N–H and O–H groups in total. The Labute approximate surface area is 283 Å². The molecule has 7 heteroatoms. The van der Waals surface area contributed by atoms with Gasteiger partial charge in [0.1, 0.15) is 0 Å². The molecule has 6 rings (SSSR count). The van der Waals surface area contributed by atoms with Crippen LogP contribution in [0.2, 0.25) is 0 Å². The zero-order valence-corrected chi connectivity index (χ0v) is 28.9. The first-order valence-corrected chi connectivity index (χ1v) is 16.2. The van der Waals surface area contributed by atoms with Gasteiger partial charge < -0.3 is 10.1 Å². The molecule has 0 bridgehead atoms. The second kappa shape index (κ2) is 15.4. The molecule has 3 nitrogen and oxygen atoms in total. The van der Waals surface area contributed by atoms with Crippen LogP contribution in [-0.4, -0.2) is 22.6 Å². The second-order valence-electron chi connectivity index (χ2n) is 10.1. The third kappa shape index (κ3) is 7.07. The van der Waals surface area contributed by atoms with E-state index >= 15 is 0 Å². The molecule has 0 atom stereocenters. The molecule has 0 saturated carbocycles. The van der Waals surface area contributed by atoms with Crippen molar-refractivity contribution in [3.63, 3.8) is 0 Å². The summed E-state index contributed by atoms with van der Waals surface area (Å²) < 4.78 is 23.8. The molecule has 0 amide bonds. The minimum Gasteiger partial charge on any atom is -0.512 e. The molecule has 0 unspecified atom stereocenters. The minimum atomic E-state index is -1.37. The number of hydrogen-bond donors (Lipinski definition) is 1. The summed E-state index contributed by atoms with van der Waals surface area (Å²) in [6, 6.07) is 28.8. The number of aromatic nitrogens is 1. The van der Waals surface area contributed by atoms with E-state index in [2.05, 4.69) is 71.7 Å². The molecule has 43 heavy (non-hydrogen) atoms. The number of benzene rings is 3. The number of pyridine rings is 1. The fourth-order valence-electron chi connectivity index (χ4n) is 5.48. The summed E-state index contributed by atoms with van der Waals surface area (Å²) in [5.41, 5.74) is 6.32. The van der Waals surface area contributed by atoms with Crippen LogP contribution in [0, 0.1) is 17.9 Å². The average molecular weight is 786 g/mol. The van der Waals surface area contributed by atoms with Crippen molar-refractivity contribution in [3.05, 3.63) is 96.9 Å². The van der Waals surface area contributed by atoms with Crippen molar-refractivity contribution in [1.82, 2.24) is 4.98 Å². The van der Waals surface area contributed by atoms with E-state index in [1.165, 1.54) is 36.0 Å². The fourth-order valence-corrected chi connectivity index (χ4v) is 7.99. The summed E-state index contributed by atoms with van der Waals surface area (Å²) in [5, 5.41) is 9.96. The van der Waals surface area contributed by atoms with Crippen molar-refractivity contribution < 1.29 is 34.1 Å². The topological polar surface area (TPSA) is 50.2 Å². The predicted octanol–water partition coefficient (Wildman–Crippen LogP) is 7.86. The van der Waals surface area contributed by atoms with E-state index in [0.29, 0.717) is 25.7 Å². The third-order valence-electron chi connectivity index (χ3n) is 7.78. The van der Waals surface area contributed by atoms with Gasteiger partial charge in [0.2, 0.25) is 6.71 Å². The molecule has 3 aromatic carbocycles. The van der Waals surface area contributed by atoms with Crippen LogP contribution >= 0.6 is 23.5 Å². The zero-order valence-electron chi connectivity index (χ0n) is 27.9. The molecular weight excluding hydrogens is 746 g/mol. The van der Waals surface area contributed by atoms with Crippen molar-refractivity contribution in [3.8, 4) is 11.3 Å². The Morgan fingerprint density at radius 3 is 2.23 bits per heavy atom. The summed E-state index contributed by atoms with van der Waals surface area (Å²) in [4.78, 5) is 22.0. The van der Waals surface area contributed by atoms with Gasteiger partial charge in [-0.15, -0.1) is 41.0 Å². The molecule has 4 aromatic rings. The van der Waals surface area contributed by atoms with Crippen molar-refractivity contribution in [1.29, 1.82) is 0 Å². The Morgan fingerprint density at radius 1 is 0.907 bits per heavy atom. The van der Waals surface area contributed by atoms with E-state index in [1.54, 1.807) is 27.7 Å². The number of hydrogen-bond acceptors (Lipinski definition) is 5. The number of allylic oxidation sites excluding steroid dienone is 2. The van der Waals surface area contributed by atoms with Crippen molar-refractivity contribution in [2.45, 2.75) is 73.0 Å². The van der Waals surface area contributed by atoms with Gasteiger partial charge in [0.25, 0.3) is 0 Å². The monoisotopic (exact) mass is 786 g/mol. The second-order valence-corrected chi connectivity index (χ2v) is 12.3. The number of nitrogens with zero attached hydrogens (tertiary/aromatic N) is 1. The van der Waals surface area contributed by atoms with E-state index in [9.17, 15) is 9.90 Å². The molecule has 0 spiro atoms. The molecule has 1 radical (unpaired) electrons. The molecule has 1 aromatic heterocycles. The van der Waals surface area contributed by atoms with Gasteiger partial charge in [-0.05, 0) is 66.0 Å². The summed E-state index contributed by atoms with van der Waals surface area (Å²) in [7, 11) is 0. The number of aliphatic hydroxyl groups is 1. The Morgan fingerprint density at radius 2 is 1.56 bits per heavy atom. The predicted molar refractivity (Wildman–Crippen MR) is 178 cm³/mol. The van der Waals surface area contributed by atoms with Gasteiger partial charge in [0.05, 0.1) is 7.13 Å². The van der Waals surface area contributed by atoms with Gasteiger partial charge in [-0.3, -0.25) is 4.79 Å². The molecule has 3 heterocycles. The van der Waals surface area contributed by atoms with Gasteiger partial charge in [0.15, 0.2) is 5.78 Å². The van der Waals surface area contributed by atoms with Crippen LogP contribution in [0.1, 0.15) is 57.5 Å². The van der Waals surface area contributed by atoms with Crippen molar-refractivity contribution in [2.24, 2.45) is 11.8 Å². The number of ketones is 1. The summed E-state index contributed by atoms with van der Waals surface area (Å²) >= 11 is 3.75. The maximum Gasteiger partial charge on any atom is 0.228 e. The number of rotatable bonds is 8. The van der Waals surface area contributed by atoms with Crippen LogP contribution in [0.4, 0.5) is 0 Å². The average Bonchev–Trinajstić information content (AvgIpc) is 3.10. The molecule has 0 saturated heterocycles. The maximum absolute atomic E-state index is 12.1. The van der Waals surface area contributed by atoms with Crippen molar-refractivity contribution in [2.75, 3.05) is 0 Å². The van der Waals surface area contributed by atoms with Gasteiger partial charge >= 0.3 is 0 Å². The smallest absolute Gasteiger partial charge is 0.228 e. The maximum atomic E-state index is 12.1. The Kier molecular flexibility index (Phi) is 10.5. The number of carbonyl (C=O) groups excluding carboxylic acids is 1. The quantitative estimate of drug-likeness (QED) is 0.0738. The van der Waals surface area contributed by atoms with Gasteiger partial charge in [-0.2, -0.15) is 0 Å². The van der Waals surface area contributed by atoms with Gasteiger partial charge in [0, 0.05) is 56.7 Å². The van der Waals surface area contributed by atoms with Crippen molar-refractivity contribution >= 4 is 52.4 Å². The SMILES string of the molecule is [2H]/C(C(=O)C([2H])(CC)CC)=C(/O)C([2H])(CC)CC.[Ir].[c-]1ccc2c(c1-c1ccccn1)Sc1cccc3c1B2c1ccccc1S3. The molecule has 2 aliphatic rings. The summed E-state index contributed by atoms with van der Waals surface area (Å²) in [6.07, 6.45) is 3.10. The molecule has 0 fully saturated rings. The van der Waals surface area contributed by atoms with E-state index in [1.807, 2.05) is 41.9 Å². The fraction of sp³-hybridized carbons (Fsp3) is 0.278. The van der Waals surface area contributed by atoms with E-state index in [0.717, 1.165) is 11.3 Å². The van der Waals surface area contributed by atoms with Crippen LogP contribution in [0.3, 0.4) is 0 Å². The van der Waals surface area contributed by atoms with E-state index < -0.39 is 29.4 Å². The van der Waals surface area contributed by atoms with E-state index in [-0.39, 0.29) is 26.8 Å². The Bertz CT molecular complexity index is 1750. The van der Waals surface area contributed by atoms with E-state index in [4.69, 9.17) is 4.11 Å². The Balaban J connectivity index is 0.000000225. The molecule has 223 valence electrons. The number of fused-ring (bicyclic) bond motifs is 4. The normalized spacial score (nSPS) is 14.6. The summed E-state index contributed by atoms with van der Waals surface area (Å²) in [5.74, 6) is -3.86. The number of aliphatic hydroxyl groups excluding tert-OH is 1. The first-order chi connectivity index (χ1) is 21.6. The largest absolute Gasteiger partial charge is 0.512 e. The third-order valence-corrected chi connectivity index (χ3v) is 10.2. The van der Waals surface area contributed by atoms with Crippen LogP contribution in [-0.2, 0) is 24.9 Å².